The number of nitrogens with two attached hydrogens (primary N) is 2. The van der Waals surface area contributed by atoms with E-state index >= 15 is 0 Å². The first-order valence-corrected chi connectivity index (χ1v) is 10.4. The largest absolute Gasteiger partial charge is 0.398 e. The van der Waals surface area contributed by atoms with Gasteiger partial charge in [0.05, 0.1) is 0 Å². The Hall–Kier alpha value is -2.78. The van der Waals surface area contributed by atoms with E-state index in [2.05, 4.69) is 72.3 Å². The minimum absolute atomic E-state index is 0.127. The molecule has 0 saturated carbocycles. The molecule has 1 rings (SSSR count). The zero-order valence-corrected chi connectivity index (χ0v) is 18.2. The first kappa shape index (κ1) is 25.3. The van der Waals surface area contributed by atoms with E-state index in [1.807, 2.05) is 30.4 Å². The number of hydrogen-bond acceptors (Lipinski definition) is 5. The highest BCUT2D eigenvalue weighted by Crippen LogP contribution is 2.13. The Bertz CT molecular complexity index is 755. The summed E-state index contributed by atoms with van der Waals surface area (Å²) in [5.41, 5.74) is 14.4. The third-order valence-electron chi connectivity index (χ3n) is 4.29. The topological polar surface area (TPSA) is 88.1 Å². The molecule has 0 amide bonds. The average Bonchev–Trinajstić information content (AvgIpc) is 2.73. The quantitative estimate of drug-likeness (QED) is 0.108. The van der Waals surface area contributed by atoms with Gasteiger partial charge in [0.15, 0.2) is 0 Å². The molecule has 0 fully saturated rings. The summed E-state index contributed by atoms with van der Waals surface area (Å²) in [5.74, 6) is 3.42. The number of anilines is 1. The molecular formula is C25H37N5. The molecule has 0 aliphatic heterocycles. The van der Waals surface area contributed by atoms with E-state index in [4.69, 9.17) is 11.5 Å². The molecule has 0 bridgehead atoms. The molecule has 0 heterocycles. The van der Waals surface area contributed by atoms with Crippen molar-refractivity contribution in [1.82, 2.24) is 16.0 Å². The molecule has 5 nitrogen and oxygen atoms in total. The van der Waals surface area contributed by atoms with E-state index in [9.17, 15) is 0 Å². The van der Waals surface area contributed by atoms with E-state index in [-0.39, 0.29) is 6.04 Å². The van der Waals surface area contributed by atoms with Gasteiger partial charge in [0, 0.05) is 55.4 Å². The van der Waals surface area contributed by atoms with E-state index in [1.54, 1.807) is 0 Å². The molecule has 2 atom stereocenters. The van der Waals surface area contributed by atoms with Crippen LogP contribution in [0, 0.1) is 17.9 Å². The van der Waals surface area contributed by atoms with Gasteiger partial charge < -0.3 is 27.4 Å². The highest BCUT2D eigenvalue weighted by Gasteiger charge is 2.01. The van der Waals surface area contributed by atoms with Gasteiger partial charge in [-0.15, -0.1) is 13.2 Å². The van der Waals surface area contributed by atoms with Gasteiger partial charge in [-0.3, -0.25) is 0 Å². The maximum Gasteiger partial charge on any atom is 0.0492 e. The summed E-state index contributed by atoms with van der Waals surface area (Å²) in [7, 11) is 0. The van der Waals surface area contributed by atoms with Gasteiger partial charge in [-0.1, -0.05) is 42.5 Å². The summed E-state index contributed by atoms with van der Waals surface area (Å²) in [4.78, 5) is 0. The van der Waals surface area contributed by atoms with Crippen LogP contribution in [0.4, 0.5) is 5.69 Å². The molecule has 162 valence electrons. The lowest BCUT2D eigenvalue weighted by atomic mass is 10.1. The van der Waals surface area contributed by atoms with Crippen molar-refractivity contribution in [2.45, 2.75) is 25.9 Å². The van der Waals surface area contributed by atoms with Crippen LogP contribution in [0.5, 0.6) is 0 Å². The van der Waals surface area contributed by atoms with Crippen molar-refractivity contribution in [1.29, 1.82) is 0 Å². The van der Waals surface area contributed by atoms with Crippen LogP contribution in [0.15, 0.2) is 67.8 Å². The minimum Gasteiger partial charge on any atom is -0.398 e. The second-order valence-corrected chi connectivity index (χ2v) is 7.02. The Labute approximate surface area is 182 Å². The monoisotopic (exact) mass is 407 g/mol. The second-order valence-electron chi connectivity index (χ2n) is 7.02. The van der Waals surface area contributed by atoms with Gasteiger partial charge in [0.2, 0.25) is 0 Å². The normalized spacial score (nSPS) is 13.0. The highest BCUT2D eigenvalue weighted by molar-refractivity contribution is 5.53. The standard InChI is InChI=1S/C25H37N5/c1-4-15-28-19-23(8-6-7-14-26)10-9-21(3)30-17-13-22-11-12-24(25(27)18-22)20-29-16-5-2/h4-6,8-12,18,21,23,28-30H,1-2,7,14-16,19-20,26-27H2,3H3/b8-6-,10-9?. The molecule has 5 heteroatoms. The fraction of sp³-hybridized carbons (Fsp3) is 0.360. The molecule has 0 aromatic heterocycles. The van der Waals surface area contributed by atoms with Crippen LogP contribution in [0.2, 0.25) is 0 Å². The van der Waals surface area contributed by atoms with Gasteiger partial charge in [-0.2, -0.15) is 0 Å². The predicted octanol–water partition coefficient (Wildman–Crippen LogP) is 2.68. The molecule has 7 N–H and O–H groups in total. The van der Waals surface area contributed by atoms with E-state index in [0.29, 0.717) is 19.0 Å². The summed E-state index contributed by atoms with van der Waals surface area (Å²) in [5, 5.41) is 9.81. The number of hydrogen-bond donors (Lipinski definition) is 5. The van der Waals surface area contributed by atoms with Crippen molar-refractivity contribution in [2.24, 2.45) is 11.7 Å². The lowest BCUT2D eigenvalue weighted by Gasteiger charge is -2.10. The Kier molecular flexibility index (Phi) is 13.5. The Balaban J connectivity index is 2.60. The van der Waals surface area contributed by atoms with Crippen LogP contribution in [0.1, 0.15) is 24.5 Å². The van der Waals surface area contributed by atoms with Crippen LogP contribution in [0.3, 0.4) is 0 Å². The molecule has 2 unspecified atom stereocenters. The maximum absolute atomic E-state index is 6.12. The zero-order valence-electron chi connectivity index (χ0n) is 18.2. The van der Waals surface area contributed by atoms with Crippen LogP contribution in [0.25, 0.3) is 0 Å². The summed E-state index contributed by atoms with van der Waals surface area (Å²) in [6.45, 7) is 13.3. The fourth-order valence-corrected chi connectivity index (χ4v) is 2.64. The van der Waals surface area contributed by atoms with Gasteiger partial charge in [0.1, 0.15) is 0 Å². The van der Waals surface area contributed by atoms with Gasteiger partial charge in [0.25, 0.3) is 0 Å². The lowest BCUT2D eigenvalue weighted by molar-refractivity contribution is 0.663. The molecule has 0 spiro atoms. The van der Waals surface area contributed by atoms with E-state index in [0.717, 1.165) is 42.9 Å². The van der Waals surface area contributed by atoms with E-state index < -0.39 is 0 Å². The number of nitrogen functional groups attached to an aromatic ring is 1. The molecule has 1 aromatic carbocycles. The maximum atomic E-state index is 6.12. The summed E-state index contributed by atoms with van der Waals surface area (Å²) in [6, 6.07) is 9.06. The van der Waals surface area contributed by atoms with Crippen LogP contribution >= 0.6 is 0 Å². The second kappa shape index (κ2) is 16.1. The van der Waals surface area contributed by atoms with Gasteiger partial charge >= 0.3 is 0 Å². The Morgan fingerprint density at radius 2 is 1.87 bits per heavy atom. The first-order valence-electron chi connectivity index (χ1n) is 10.4. The number of benzene rings is 1. The molecule has 0 radical (unpaired) electrons. The number of nitrogens with one attached hydrogen (secondary N) is 3. The molecule has 1 aromatic rings. The van der Waals surface area contributed by atoms with Crippen LogP contribution in [-0.4, -0.2) is 32.2 Å². The molecule has 30 heavy (non-hydrogen) atoms. The Morgan fingerprint density at radius 1 is 1.10 bits per heavy atom. The van der Waals surface area contributed by atoms with E-state index in [1.165, 1.54) is 0 Å². The van der Waals surface area contributed by atoms with Crippen molar-refractivity contribution in [3.63, 3.8) is 0 Å². The van der Waals surface area contributed by atoms with Crippen LogP contribution < -0.4 is 27.4 Å². The van der Waals surface area contributed by atoms with Crippen molar-refractivity contribution < 1.29 is 0 Å². The summed E-state index contributed by atoms with van der Waals surface area (Å²) in [6.07, 6.45) is 13.2. The Morgan fingerprint density at radius 3 is 2.57 bits per heavy atom. The fourth-order valence-electron chi connectivity index (χ4n) is 2.64. The predicted molar refractivity (Wildman–Crippen MR) is 131 cm³/mol. The van der Waals surface area contributed by atoms with Crippen LogP contribution in [-0.2, 0) is 6.54 Å². The minimum atomic E-state index is 0.127. The van der Waals surface area contributed by atoms with Crippen molar-refractivity contribution in [3.05, 3.63) is 78.9 Å². The highest BCUT2D eigenvalue weighted by atomic mass is 14.9. The lowest BCUT2D eigenvalue weighted by Crippen LogP contribution is -2.22. The number of rotatable bonds is 14. The SMILES string of the molecule is C=CCNCc1ccc(C#CNC(C)C=CC(/C=C\CCN)CNCC=C)cc1N. The van der Waals surface area contributed by atoms with Gasteiger partial charge in [-0.05, 0) is 43.5 Å². The zero-order chi connectivity index (χ0) is 22.0. The third-order valence-corrected chi connectivity index (χ3v) is 4.29. The smallest absolute Gasteiger partial charge is 0.0492 e. The molecule has 0 aliphatic carbocycles. The van der Waals surface area contributed by atoms with Gasteiger partial charge in [-0.25, -0.2) is 0 Å². The van der Waals surface area contributed by atoms with Crippen molar-refractivity contribution in [2.75, 3.05) is 31.9 Å². The summed E-state index contributed by atoms with van der Waals surface area (Å²) < 4.78 is 0. The average molecular weight is 408 g/mol. The molecule has 0 saturated heterocycles. The first-order chi connectivity index (χ1) is 14.6. The van der Waals surface area contributed by atoms with Crippen molar-refractivity contribution in [3.8, 4) is 12.0 Å². The van der Waals surface area contributed by atoms with Crippen molar-refractivity contribution >= 4 is 5.69 Å². The summed E-state index contributed by atoms with van der Waals surface area (Å²) >= 11 is 0. The molecule has 0 aliphatic rings. The third kappa shape index (κ3) is 11.3. The molecular weight excluding hydrogens is 370 g/mol.